The molecule has 1 N–H and O–H groups in total. The molecule has 33 heavy (non-hydrogen) atoms. The van der Waals surface area contributed by atoms with Gasteiger partial charge in [0, 0.05) is 15.7 Å². The Bertz CT molecular complexity index is 1230. The fourth-order valence-corrected chi connectivity index (χ4v) is 4.36. The predicted molar refractivity (Wildman–Crippen MR) is 142 cm³/mol. The van der Waals surface area contributed by atoms with Crippen LogP contribution < -0.4 is 14.8 Å². The molecule has 0 aliphatic heterocycles. The summed E-state index contributed by atoms with van der Waals surface area (Å²) >= 11 is 5.69. The molecule has 0 atom stereocenters. The molecule has 0 bridgehead atoms. The lowest BCUT2D eigenvalue weighted by Gasteiger charge is -2.14. The lowest BCUT2D eigenvalue weighted by Crippen LogP contribution is -2.14. The SMILES string of the molecule is CCc1ccccc1NC(=O)/C(C#N)=C/c1cc(I)c(OCc2ccccc2Br)c(OC)c1. The number of amides is 1. The van der Waals surface area contributed by atoms with Crippen molar-refractivity contribution in [3.05, 3.63) is 91.0 Å². The smallest absolute Gasteiger partial charge is 0.266 e. The number of para-hydroxylation sites is 1. The van der Waals surface area contributed by atoms with E-state index < -0.39 is 5.91 Å². The summed E-state index contributed by atoms with van der Waals surface area (Å²) in [5, 5.41) is 12.4. The van der Waals surface area contributed by atoms with Crippen LogP contribution in [0.3, 0.4) is 0 Å². The maximum absolute atomic E-state index is 12.7. The van der Waals surface area contributed by atoms with Crippen LogP contribution in [-0.2, 0) is 17.8 Å². The first-order valence-electron chi connectivity index (χ1n) is 10.2. The maximum Gasteiger partial charge on any atom is 0.266 e. The van der Waals surface area contributed by atoms with Crippen molar-refractivity contribution in [1.29, 1.82) is 5.26 Å². The van der Waals surface area contributed by atoms with Crippen LogP contribution in [0.5, 0.6) is 11.5 Å². The fourth-order valence-electron chi connectivity index (χ4n) is 3.18. The third kappa shape index (κ3) is 6.36. The molecular weight excluding hydrogens is 595 g/mol. The minimum Gasteiger partial charge on any atom is -0.493 e. The van der Waals surface area contributed by atoms with Crippen molar-refractivity contribution in [2.75, 3.05) is 12.4 Å². The van der Waals surface area contributed by atoms with E-state index in [1.165, 1.54) is 0 Å². The van der Waals surface area contributed by atoms with Crippen molar-refractivity contribution in [2.24, 2.45) is 0 Å². The van der Waals surface area contributed by atoms with Gasteiger partial charge >= 0.3 is 0 Å². The van der Waals surface area contributed by atoms with Crippen LogP contribution >= 0.6 is 38.5 Å². The molecule has 0 spiro atoms. The molecule has 3 rings (SSSR count). The summed E-state index contributed by atoms with van der Waals surface area (Å²) in [7, 11) is 1.56. The van der Waals surface area contributed by atoms with Crippen LogP contribution in [0.4, 0.5) is 5.69 Å². The van der Waals surface area contributed by atoms with Crippen molar-refractivity contribution < 1.29 is 14.3 Å². The minimum atomic E-state index is -0.457. The van der Waals surface area contributed by atoms with E-state index in [1.807, 2.05) is 67.6 Å². The summed E-state index contributed by atoms with van der Waals surface area (Å²) < 4.78 is 13.3. The summed E-state index contributed by atoms with van der Waals surface area (Å²) in [6.07, 6.45) is 2.32. The number of nitrogens with zero attached hydrogens (tertiary/aromatic N) is 1. The molecular formula is C26H22BrIN2O3. The average molecular weight is 617 g/mol. The topological polar surface area (TPSA) is 71.4 Å². The number of anilines is 1. The highest BCUT2D eigenvalue weighted by molar-refractivity contribution is 14.1. The van der Waals surface area contributed by atoms with Gasteiger partial charge in [-0.25, -0.2) is 0 Å². The van der Waals surface area contributed by atoms with Gasteiger partial charge in [-0.2, -0.15) is 5.26 Å². The summed E-state index contributed by atoms with van der Waals surface area (Å²) in [4.78, 5) is 12.7. The van der Waals surface area contributed by atoms with Crippen LogP contribution in [0, 0.1) is 14.9 Å². The zero-order valence-electron chi connectivity index (χ0n) is 18.2. The second-order valence-corrected chi connectivity index (χ2v) is 9.07. The average Bonchev–Trinajstić information content (AvgIpc) is 2.82. The molecule has 168 valence electrons. The normalized spacial score (nSPS) is 10.9. The van der Waals surface area contributed by atoms with Crippen LogP contribution in [0.1, 0.15) is 23.6 Å². The molecule has 7 heteroatoms. The van der Waals surface area contributed by atoms with Crippen molar-refractivity contribution >= 4 is 56.2 Å². The van der Waals surface area contributed by atoms with Gasteiger partial charge in [0.2, 0.25) is 0 Å². The van der Waals surface area contributed by atoms with Crippen LogP contribution in [-0.4, -0.2) is 13.0 Å². The maximum atomic E-state index is 12.7. The molecule has 0 saturated carbocycles. The lowest BCUT2D eigenvalue weighted by atomic mass is 10.1. The number of methoxy groups -OCH3 is 1. The Balaban J connectivity index is 1.84. The van der Waals surface area contributed by atoms with Gasteiger partial charge in [-0.1, -0.05) is 59.3 Å². The van der Waals surface area contributed by atoms with E-state index >= 15 is 0 Å². The van der Waals surface area contributed by atoms with Gasteiger partial charge in [-0.15, -0.1) is 0 Å². The first kappa shape index (κ1) is 24.8. The highest BCUT2D eigenvalue weighted by Crippen LogP contribution is 2.35. The number of nitriles is 1. The Labute approximate surface area is 215 Å². The van der Waals surface area contributed by atoms with Crippen LogP contribution in [0.15, 0.2) is 70.7 Å². The highest BCUT2D eigenvalue weighted by Gasteiger charge is 2.15. The largest absolute Gasteiger partial charge is 0.493 e. The molecule has 0 saturated heterocycles. The van der Waals surface area contributed by atoms with E-state index in [4.69, 9.17) is 9.47 Å². The second-order valence-electron chi connectivity index (χ2n) is 7.05. The quantitative estimate of drug-likeness (QED) is 0.173. The number of benzene rings is 3. The van der Waals surface area contributed by atoms with E-state index in [-0.39, 0.29) is 5.57 Å². The molecule has 0 unspecified atom stereocenters. The van der Waals surface area contributed by atoms with Gasteiger partial charge < -0.3 is 14.8 Å². The number of carbonyl (C=O) groups excluding carboxylic acids is 1. The number of carbonyl (C=O) groups is 1. The van der Waals surface area contributed by atoms with Gasteiger partial charge in [0.15, 0.2) is 11.5 Å². The number of rotatable bonds is 8. The summed E-state index contributed by atoms with van der Waals surface area (Å²) in [6, 6.07) is 21.0. The van der Waals surface area contributed by atoms with Crippen molar-refractivity contribution in [1.82, 2.24) is 0 Å². The first-order valence-corrected chi connectivity index (χ1v) is 12.1. The minimum absolute atomic E-state index is 0.000596. The molecule has 0 aromatic heterocycles. The van der Waals surface area contributed by atoms with E-state index in [2.05, 4.69) is 43.8 Å². The van der Waals surface area contributed by atoms with Gasteiger partial charge in [-0.3, -0.25) is 4.79 Å². The Kier molecular flexibility index (Phi) is 8.92. The zero-order chi connectivity index (χ0) is 23.8. The molecule has 0 fully saturated rings. The molecule has 5 nitrogen and oxygen atoms in total. The Morgan fingerprint density at radius 3 is 2.52 bits per heavy atom. The molecule has 3 aromatic carbocycles. The fraction of sp³-hybridized carbons (Fsp3) is 0.154. The lowest BCUT2D eigenvalue weighted by molar-refractivity contribution is -0.112. The molecule has 3 aromatic rings. The van der Waals surface area contributed by atoms with Crippen LogP contribution in [0.25, 0.3) is 6.08 Å². The molecule has 1 amide bonds. The van der Waals surface area contributed by atoms with Gasteiger partial charge in [0.25, 0.3) is 5.91 Å². The summed E-state index contributed by atoms with van der Waals surface area (Å²) in [6.45, 7) is 2.38. The van der Waals surface area contributed by atoms with Crippen molar-refractivity contribution in [3.63, 3.8) is 0 Å². The number of nitrogens with one attached hydrogen (secondary N) is 1. The number of ether oxygens (including phenoxy) is 2. The van der Waals surface area contributed by atoms with E-state index in [0.717, 1.165) is 25.6 Å². The Morgan fingerprint density at radius 2 is 1.85 bits per heavy atom. The van der Waals surface area contributed by atoms with Crippen molar-refractivity contribution in [2.45, 2.75) is 20.0 Å². The predicted octanol–water partition coefficient (Wildman–Crippen LogP) is 6.75. The van der Waals surface area contributed by atoms with E-state index in [1.54, 1.807) is 19.3 Å². The highest BCUT2D eigenvalue weighted by atomic mass is 127. The van der Waals surface area contributed by atoms with Crippen molar-refractivity contribution in [3.8, 4) is 17.6 Å². The number of aryl methyl sites for hydroxylation is 1. The first-order chi connectivity index (χ1) is 16.0. The molecule has 0 aliphatic carbocycles. The summed E-state index contributed by atoms with van der Waals surface area (Å²) in [5.74, 6) is 0.668. The van der Waals surface area contributed by atoms with E-state index in [0.29, 0.717) is 29.4 Å². The summed E-state index contributed by atoms with van der Waals surface area (Å²) in [5.41, 5.74) is 3.38. The second kappa shape index (κ2) is 11.9. The Hall–Kier alpha value is -2.83. The monoisotopic (exact) mass is 616 g/mol. The molecule has 0 aliphatic rings. The standard InChI is InChI=1S/C26H22BrIN2O3/c1-3-18-8-5-7-11-23(18)30-26(31)20(15-29)12-17-13-22(28)25(24(14-17)32-2)33-16-19-9-4-6-10-21(19)27/h4-14H,3,16H2,1-2H3,(H,30,31)/b20-12+. The number of hydrogen-bond acceptors (Lipinski definition) is 4. The van der Waals surface area contributed by atoms with Gasteiger partial charge in [-0.05, 0) is 70.5 Å². The van der Waals surface area contributed by atoms with E-state index in [9.17, 15) is 10.1 Å². The number of halogens is 2. The van der Waals surface area contributed by atoms with Gasteiger partial charge in [0.1, 0.15) is 18.2 Å². The Morgan fingerprint density at radius 1 is 1.15 bits per heavy atom. The third-order valence-electron chi connectivity index (χ3n) is 4.90. The van der Waals surface area contributed by atoms with Gasteiger partial charge in [0.05, 0.1) is 10.7 Å². The molecule has 0 radical (unpaired) electrons. The molecule has 0 heterocycles. The zero-order valence-corrected chi connectivity index (χ0v) is 21.9. The number of hydrogen-bond donors (Lipinski definition) is 1. The third-order valence-corrected chi connectivity index (χ3v) is 6.48. The van der Waals surface area contributed by atoms with Crippen LogP contribution in [0.2, 0.25) is 0 Å².